The second-order valence-corrected chi connectivity index (χ2v) is 5.07. The zero-order valence-corrected chi connectivity index (χ0v) is 10.2. The summed E-state index contributed by atoms with van der Waals surface area (Å²) in [6.07, 6.45) is 12.9. The third-order valence-corrected chi connectivity index (χ3v) is 3.52. The van der Waals surface area contributed by atoms with E-state index in [0.717, 1.165) is 12.5 Å². The highest BCUT2D eigenvalue weighted by molar-refractivity contribution is 4.77. The first kappa shape index (κ1) is 11.6. The maximum absolute atomic E-state index is 4.06. The Kier molecular flexibility index (Phi) is 4.40. The van der Waals surface area contributed by atoms with Crippen LogP contribution in [0.25, 0.3) is 0 Å². The van der Waals surface area contributed by atoms with Crippen molar-refractivity contribution in [1.29, 1.82) is 0 Å². The second kappa shape index (κ2) is 6.04. The summed E-state index contributed by atoms with van der Waals surface area (Å²) in [5.41, 5.74) is 0. The molecule has 1 aliphatic carbocycles. The minimum absolute atomic E-state index is 0.538. The van der Waals surface area contributed by atoms with Gasteiger partial charge in [-0.3, -0.25) is 0 Å². The summed E-state index contributed by atoms with van der Waals surface area (Å²) in [4.78, 5) is 4.06. The fourth-order valence-corrected chi connectivity index (χ4v) is 2.53. The van der Waals surface area contributed by atoms with Gasteiger partial charge in [0.1, 0.15) is 0 Å². The van der Waals surface area contributed by atoms with Gasteiger partial charge in [-0.2, -0.15) is 0 Å². The van der Waals surface area contributed by atoms with Crippen LogP contribution in [0.4, 0.5) is 0 Å². The van der Waals surface area contributed by atoms with E-state index in [2.05, 4.69) is 21.8 Å². The first-order chi connectivity index (χ1) is 7.84. The monoisotopic (exact) mass is 221 g/mol. The van der Waals surface area contributed by atoms with Gasteiger partial charge < -0.3 is 9.88 Å². The molecule has 0 aromatic carbocycles. The average molecular weight is 221 g/mol. The van der Waals surface area contributed by atoms with Crippen LogP contribution in [0.15, 0.2) is 18.7 Å². The molecule has 0 spiro atoms. The molecule has 1 saturated carbocycles. The standard InChI is InChI=1S/C13H23N3/c1-12(10-16-8-7-14-11-16)15-9-13-5-3-2-4-6-13/h7-8,11-13,15H,2-6,9-10H2,1H3. The second-order valence-electron chi connectivity index (χ2n) is 5.07. The van der Waals surface area contributed by atoms with Crippen molar-refractivity contribution in [2.45, 2.75) is 51.6 Å². The van der Waals surface area contributed by atoms with Crippen LogP contribution in [-0.2, 0) is 6.54 Å². The number of imidazole rings is 1. The summed E-state index contributed by atoms with van der Waals surface area (Å²) >= 11 is 0. The topological polar surface area (TPSA) is 29.9 Å². The predicted octanol–water partition coefficient (Wildman–Crippen LogP) is 2.44. The van der Waals surface area contributed by atoms with Crippen LogP contribution >= 0.6 is 0 Å². The smallest absolute Gasteiger partial charge is 0.0946 e. The lowest BCUT2D eigenvalue weighted by atomic mass is 9.89. The van der Waals surface area contributed by atoms with Gasteiger partial charge in [0.25, 0.3) is 0 Å². The molecule has 1 atom stereocenters. The van der Waals surface area contributed by atoms with E-state index in [1.165, 1.54) is 38.6 Å². The molecule has 1 aromatic rings. The molecule has 1 heterocycles. The van der Waals surface area contributed by atoms with Crippen LogP contribution in [0, 0.1) is 5.92 Å². The maximum Gasteiger partial charge on any atom is 0.0946 e. The molecule has 2 rings (SSSR count). The summed E-state index contributed by atoms with van der Waals surface area (Å²) in [7, 11) is 0. The van der Waals surface area contributed by atoms with E-state index in [4.69, 9.17) is 0 Å². The van der Waals surface area contributed by atoms with Crippen LogP contribution < -0.4 is 5.32 Å². The summed E-state index contributed by atoms with van der Waals surface area (Å²) in [5.74, 6) is 0.916. The first-order valence-corrected chi connectivity index (χ1v) is 6.53. The van der Waals surface area contributed by atoms with Crippen molar-refractivity contribution >= 4 is 0 Å². The number of nitrogens with zero attached hydrogens (tertiary/aromatic N) is 2. The summed E-state index contributed by atoms with van der Waals surface area (Å²) in [6, 6.07) is 0.538. The van der Waals surface area contributed by atoms with Gasteiger partial charge in [-0.15, -0.1) is 0 Å². The molecule has 3 nitrogen and oxygen atoms in total. The first-order valence-electron chi connectivity index (χ1n) is 6.53. The van der Waals surface area contributed by atoms with Gasteiger partial charge in [-0.25, -0.2) is 4.98 Å². The zero-order valence-electron chi connectivity index (χ0n) is 10.2. The Morgan fingerprint density at radius 3 is 2.88 bits per heavy atom. The SMILES string of the molecule is CC(Cn1ccnc1)NCC1CCCCC1. The van der Waals surface area contributed by atoms with E-state index in [1.54, 1.807) is 0 Å². The van der Waals surface area contributed by atoms with Crippen LogP contribution in [0.2, 0.25) is 0 Å². The molecule has 0 radical (unpaired) electrons. The maximum atomic E-state index is 4.06. The van der Waals surface area contributed by atoms with Crippen molar-refractivity contribution in [3.05, 3.63) is 18.7 Å². The Bertz CT molecular complexity index is 275. The van der Waals surface area contributed by atoms with E-state index in [0.29, 0.717) is 6.04 Å². The molecule has 0 bridgehead atoms. The van der Waals surface area contributed by atoms with Crippen LogP contribution in [0.5, 0.6) is 0 Å². The van der Waals surface area contributed by atoms with Gasteiger partial charge >= 0.3 is 0 Å². The molecule has 1 unspecified atom stereocenters. The van der Waals surface area contributed by atoms with Crippen molar-refractivity contribution in [3.63, 3.8) is 0 Å². The van der Waals surface area contributed by atoms with E-state index in [-0.39, 0.29) is 0 Å². The van der Waals surface area contributed by atoms with Crippen LogP contribution in [0.1, 0.15) is 39.0 Å². The minimum Gasteiger partial charge on any atom is -0.336 e. The van der Waals surface area contributed by atoms with Crippen molar-refractivity contribution in [1.82, 2.24) is 14.9 Å². The molecule has 1 aliphatic rings. The Morgan fingerprint density at radius 1 is 1.38 bits per heavy atom. The van der Waals surface area contributed by atoms with Gasteiger partial charge in [0, 0.05) is 25.0 Å². The Labute approximate surface area is 98.3 Å². The highest BCUT2D eigenvalue weighted by atomic mass is 15.1. The van der Waals surface area contributed by atoms with Crippen LogP contribution in [-0.4, -0.2) is 22.1 Å². The zero-order chi connectivity index (χ0) is 11.2. The van der Waals surface area contributed by atoms with Gasteiger partial charge in [0.2, 0.25) is 0 Å². The van der Waals surface area contributed by atoms with Crippen molar-refractivity contribution in [2.24, 2.45) is 5.92 Å². The molecule has 16 heavy (non-hydrogen) atoms. The minimum atomic E-state index is 0.538. The number of nitrogens with one attached hydrogen (secondary N) is 1. The molecule has 0 saturated heterocycles. The molecule has 3 heteroatoms. The molecule has 1 N–H and O–H groups in total. The van der Waals surface area contributed by atoms with Gasteiger partial charge in [-0.05, 0) is 32.2 Å². The number of hydrogen-bond donors (Lipinski definition) is 1. The van der Waals surface area contributed by atoms with Gasteiger partial charge in [0.05, 0.1) is 6.33 Å². The molecule has 0 amide bonds. The summed E-state index contributed by atoms with van der Waals surface area (Å²) < 4.78 is 2.14. The third kappa shape index (κ3) is 3.63. The van der Waals surface area contributed by atoms with E-state index in [9.17, 15) is 0 Å². The number of aromatic nitrogens is 2. The highest BCUT2D eigenvalue weighted by Crippen LogP contribution is 2.22. The van der Waals surface area contributed by atoms with Gasteiger partial charge in [0.15, 0.2) is 0 Å². The lowest BCUT2D eigenvalue weighted by Crippen LogP contribution is -2.34. The largest absolute Gasteiger partial charge is 0.336 e. The normalized spacial score (nSPS) is 19.8. The highest BCUT2D eigenvalue weighted by Gasteiger charge is 2.13. The molecule has 90 valence electrons. The van der Waals surface area contributed by atoms with Gasteiger partial charge in [-0.1, -0.05) is 19.3 Å². The predicted molar refractivity (Wildman–Crippen MR) is 66.3 cm³/mol. The van der Waals surface area contributed by atoms with Crippen LogP contribution in [0.3, 0.4) is 0 Å². The molecule has 1 aromatic heterocycles. The number of rotatable bonds is 5. The fourth-order valence-electron chi connectivity index (χ4n) is 2.53. The van der Waals surface area contributed by atoms with Crippen molar-refractivity contribution in [3.8, 4) is 0 Å². The number of hydrogen-bond acceptors (Lipinski definition) is 2. The molecule has 0 aliphatic heterocycles. The van der Waals surface area contributed by atoms with E-state index < -0.39 is 0 Å². The Hall–Kier alpha value is -0.830. The van der Waals surface area contributed by atoms with Crippen molar-refractivity contribution < 1.29 is 0 Å². The quantitative estimate of drug-likeness (QED) is 0.827. The Morgan fingerprint density at radius 2 is 2.19 bits per heavy atom. The lowest BCUT2D eigenvalue weighted by molar-refractivity contribution is 0.323. The Balaban J connectivity index is 1.65. The molecular weight excluding hydrogens is 198 g/mol. The van der Waals surface area contributed by atoms with E-state index >= 15 is 0 Å². The van der Waals surface area contributed by atoms with Crippen molar-refractivity contribution in [2.75, 3.05) is 6.54 Å². The molecule has 1 fully saturated rings. The fraction of sp³-hybridized carbons (Fsp3) is 0.769. The lowest BCUT2D eigenvalue weighted by Gasteiger charge is -2.24. The van der Waals surface area contributed by atoms with E-state index in [1.807, 2.05) is 18.7 Å². The molecular formula is C13H23N3. The third-order valence-electron chi connectivity index (χ3n) is 3.52. The average Bonchev–Trinajstić information content (AvgIpc) is 2.81. The summed E-state index contributed by atoms with van der Waals surface area (Å²) in [6.45, 7) is 4.46. The summed E-state index contributed by atoms with van der Waals surface area (Å²) in [5, 5.41) is 3.64.